The molecule has 0 saturated heterocycles. The lowest BCUT2D eigenvalue weighted by Gasteiger charge is -2.29. The highest BCUT2D eigenvalue weighted by Crippen LogP contribution is 2.39. The molecule has 0 aromatic heterocycles. The Morgan fingerprint density at radius 2 is 2.24 bits per heavy atom. The van der Waals surface area contributed by atoms with Crippen molar-refractivity contribution in [3.8, 4) is 6.07 Å². The van der Waals surface area contributed by atoms with E-state index in [1.807, 2.05) is 6.07 Å². The van der Waals surface area contributed by atoms with Gasteiger partial charge >= 0.3 is 0 Å². The molecule has 1 atom stereocenters. The molecule has 1 aromatic carbocycles. The van der Waals surface area contributed by atoms with Crippen molar-refractivity contribution >= 4 is 5.69 Å². The van der Waals surface area contributed by atoms with E-state index in [0.29, 0.717) is 11.7 Å². The Morgan fingerprint density at radius 1 is 1.47 bits per heavy atom. The Hall–Kier alpha value is -1.56. The maximum Gasteiger partial charge on any atom is 0.143 e. The van der Waals surface area contributed by atoms with Gasteiger partial charge in [0.15, 0.2) is 0 Å². The van der Waals surface area contributed by atoms with Gasteiger partial charge in [0.1, 0.15) is 17.4 Å². The van der Waals surface area contributed by atoms with Crippen LogP contribution in [0, 0.1) is 22.6 Å². The second-order valence-corrected chi connectivity index (χ2v) is 5.35. The van der Waals surface area contributed by atoms with Gasteiger partial charge in [0.05, 0.1) is 5.69 Å². The van der Waals surface area contributed by atoms with Gasteiger partial charge < -0.3 is 5.32 Å². The minimum Gasteiger partial charge on any atom is -0.381 e. The zero-order chi connectivity index (χ0) is 12.5. The van der Waals surface area contributed by atoms with Crippen LogP contribution in [-0.2, 0) is 0 Å². The highest BCUT2D eigenvalue weighted by Gasteiger charge is 2.34. The SMILES string of the molecule is CC1(C)CCCC1Nc1cccc(F)c1C#N. The van der Waals surface area contributed by atoms with Gasteiger partial charge in [0.25, 0.3) is 0 Å². The van der Waals surface area contributed by atoms with Crippen molar-refractivity contribution in [1.29, 1.82) is 5.26 Å². The summed E-state index contributed by atoms with van der Waals surface area (Å²) in [7, 11) is 0. The Balaban J connectivity index is 2.25. The molecule has 1 saturated carbocycles. The number of halogens is 1. The molecule has 1 unspecified atom stereocenters. The quantitative estimate of drug-likeness (QED) is 0.844. The summed E-state index contributed by atoms with van der Waals surface area (Å²) in [6, 6.07) is 6.98. The normalized spacial score (nSPS) is 22.1. The van der Waals surface area contributed by atoms with Gasteiger partial charge in [-0.05, 0) is 30.4 Å². The Labute approximate surface area is 101 Å². The molecule has 1 aliphatic rings. The summed E-state index contributed by atoms with van der Waals surface area (Å²) in [6.45, 7) is 4.42. The summed E-state index contributed by atoms with van der Waals surface area (Å²) >= 11 is 0. The van der Waals surface area contributed by atoms with E-state index in [1.165, 1.54) is 18.9 Å². The molecule has 0 aliphatic heterocycles. The first-order chi connectivity index (χ1) is 8.04. The Morgan fingerprint density at radius 3 is 2.82 bits per heavy atom. The first-order valence-corrected chi connectivity index (χ1v) is 6.00. The van der Waals surface area contributed by atoms with Crippen molar-refractivity contribution in [1.82, 2.24) is 0 Å². The summed E-state index contributed by atoms with van der Waals surface area (Å²) in [5, 5.41) is 12.3. The van der Waals surface area contributed by atoms with E-state index in [1.54, 1.807) is 12.1 Å². The van der Waals surface area contributed by atoms with Crippen molar-refractivity contribution in [2.75, 3.05) is 5.32 Å². The van der Waals surface area contributed by atoms with E-state index < -0.39 is 5.82 Å². The minimum absolute atomic E-state index is 0.121. The van der Waals surface area contributed by atoms with Gasteiger partial charge in [-0.15, -0.1) is 0 Å². The predicted octanol–water partition coefficient (Wildman–Crippen LogP) is 3.69. The summed E-state index contributed by atoms with van der Waals surface area (Å²) in [5.41, 5.74) is 0.946. The van der Waals surface area contributed by atoms with Crippen molar-refractivity contribution < 1.29 is 4.39 Å². The first kappa shape index (κ1) is 11.9. The van der Waals surface area contributed by atoms with Crippen molar-refractivity contribution in [2.45, 2.75) is 39.2 Å². The van der Waals surface area contributed by atoms with E-state index >= 15 is 0 Å². The van der Waals surface area contributed by atoms with Crippen LogP contribution in [0.3, 0.4) is 0 Å². The van der Waals surface area contributed by atoms with E-state index in [0.717, 1.165) is 6.42 Å². The molecule has 1 aliphatic carbocycles. The molecule has 0 heterocycles. The number of anilines is 1. The number of hydrogen-bond acceptors (Lipinski definition) is 2. The summed E-state index contributed by atoms with van der Waals surface area (Å²) in [6.07, 6.45) is 3.43. The third-order valence-corrected chi connectivity index (χ3v) is 3.71. The van der Waals surface area contributed by atoms with E-state index in [2.05, 4.69) is 19.2 Å². The van der Waals surface area contributed by atoms with Gasteiger partial charge in [-0.2, -0.15) is 5.26 Å². The lowest BCUT2D eigenvalue weighted by Crippen LogP contribution is -2.31. The smallest absolute Gasteiger partial charge is 0.143 e. The van der Waals surface area contributed by atoms with Crippen LogP contribution in [0.4, 0.5) is 10.1 Å². The molecule has 17 heavy (non-hydrogen) atoms. The van der Waals surface area contributed by atoms with Crippen LogP contribution >= 0.6 is 0 Å². The van der Waals surface area contributed by atoms with Crippen molar-refractivity contribution in [3.05, 3.63) is 29.6 Å². The highest BCUT2D eigenvalue weighted by molar-refractivity contribution is 5.58. The number of nitriles is 1. The van der Waals surface area contributed by atoms with Crippen molar-refractivity contribution in [2.24, 2.45) is 5.41 Å². The number of benzene rings is 1. The van der Waals surface area contributed by atoms with Crippen LogP contribution in [0.5, 0.6) is 0 Å². The second kappa shape index (κ2) is 4.37. The molecule has 2 rings (SSSR count). The third-order valence-electron chi connectivity index (χ3n) is 3.71. The molecule has 0 radical (unpaired) electrons. The van der Waals surface area contributed by atoms with Gasteiger partial charge in [-0.1, -0.05) is 26.3 Å². The van der Waals surface area contributed by atoms with Gasteiger partial charge in [-0.3, -0.25) is 0 Å². The maximum atomic E-state index is 13.5. The van der Waals surface area contributed by atoms with Crippen LogP contribution in [-0.4, -0.2) is 6.04 Å². The zero-order valence-corrected chi connectivity index (χ0v) is 10.3. The molecular formula is C14H17FN2. The molecule has 3 heteroatoms. The Kier molecular flexibility index (Phi) is 3.06. The molecule has 0 bridgehead atoms. The monoisotopic (exact) mass is 232 g/mol. The van der Waals surface area contributed by atoms with E-state index in [9.17, 15) is 4.39 Å². The molecule has 1 N–H and O–H groups in total. The largest absolute Gasteiger partial charge is 0.381 e. The van der Waals surface area contributed by atoms with Gasteiger partial charge in [0.2, 0.25) is 0 Å². The average molecular weight is 232 g/mol. The molecule has 0 amide bonds. The van der Waals surface area contributed by atoms with Crippen LogP contribution < -0.4 is 5.32 Å². The maximum absolute atomic E-state index is 13.5. The van der Waals surface area contributed by atoms with Crippen molar-refractivity contribution in [3.63, 3.8) is 0 Å². The summed E-state index contributed by atoms with van der Waals surface area (Å²) in [4.78, 5) is 0. The lowest BCUT2D eigenvalue weighted by molar-refractivity contribution is 0.350. The fourth-order valence-corrected chi connectivity index (χ4v) is 2.54. The van der Waals surface area contributed by atoms with E-state index in [-0.39, 0.29) is 11.0 Å². The fourth-order valence-electron chi connectivity index (χ4n) is 2.54. The number of hydrogen-bond donors (Lipinski definition) is 1. The van der Waals surface area contributed by atoms with Crippen LogP contribution in [0.1, 0.15) is 38.7 Å². The van der Waals surface area contributed by atoms with E-state index in [4.69, 9.17) is 5.26 Å². The second-order valence-electron chi connectivity index (χ2n) is 5.35. The first-order valence-electron chi connectivity index (χ1n) is 6.00. The average Bonchev–Trinajstić information content (AvgIpc) is 2.59. The molecule has 0 spiro atoms. The predicted molar refractivity (Wildman–Crippen MR) is 66.2 cm³/mol. The third kappa shape index (κ3) is 2.26. The zero-order valence-electron chi connectivity index (χ0n) is 10.3. The van der Waals surface area contributed by atoms with Crippen LogP contribution in [0.15, 0.2) is 18.2 Å². The van der Waals surface area contributed by atoms with Gasteiger partial charge in [-0.25, -0.2) is 4.39 Å². The molecule has 90 valence electrons. The summed E-state index contributed by atoms with van der Waals surface area (Å²) in [5.74, 6) is -0.451. The van der Waals surface area contributed by atoms with Gasteiger partial charge in [0, 0.05) is 6.04 Å². The molecule has 1 fully saturated rings. The molecular weight excluding hydrogens is 215 g/mol. The number of nitrogens with one attached hydrogen (secondary N) is 1. The standard InChI is InChI=1S/C14H17FN2/c1-14(2)8-4-7-13(14)17-12-6-3-5-11(15)10(12)9-16/h3,5-6,13,17H,4,7-8H2,1-2H3. The minimum atomic E-state index is -0.451. The summed E-state index contributed by atoms with van der Waals surface area (Å²) < 4.78 is 13.5. The Bertz CT molecular complexity index is 460. The number of nitrogens with zero attached hydrogens (tertiary/aromatic N) is 1. The number of rotatable bonds is 2. The fraction of sp³-hybridized carbons (Fsp3) is 0.500. The highest BCUT2D eigenvalue weighted by atomic mass is 19.1. The molecule has 2 nitrogen and oxygen atoms in total. The topological polar surface area (TPSA) is 35.8 Å². The molecule has 1 aromatic rings. The van der Waals surface area contributed by atoms with Crippen LogP contribution in [0.25, 0.3) is 0 Å². The lowest BCUT2D eigenvalue weighted by atomic mass is 9.87. The van der Waals surface area contributed by atoms with Crippen LogP contribution in [0.2, 0.25) is 0 Å².